The molecule has 0 atom stereocenters. The molecule has 0 aromatic carbocycles. The summed E-state index contributed by atoms with van der Waals surface area (Å²) >= 11 is 5.52. The Labute approximate surface area is 94.7 Å². The first-order valence-corrected chi connectivity index (χ1v) is 5.82. The van der Waals surface area contributed by atoms with E-state index in [1.165, 1.54) is 0 Å². The third kappa shape index (κ3) is 3.70. The van der Waals surface area contributed by atoms with Crippen molar-refractivity contribution in [1.29, 1.82) is 0 Å². The molecule has 4 nitrogen and oxygen atoms in total. The maximum Gasteiger partial charge on any atom is 0.237 e. The summed E-state index contributed by atoms with van der Waals surface area (Å²) in [7, 11) is 0. The summed E-state index contributed by atoms with van der Waals surface area (Å²) in [6.07, 6.45) is 4.47. The lowest BCUT2D eigenvalue weighted by molar-refractivity contribution is -0.137. The molecule has 2 N–H and O–H groups in total. The van der Waals surface area contributed by atoms with Crippen LogP contribution in [0, 0.1) is 0 Å². The molecule has 0 heterocycles. The van der Waals surface area contributed by atoms with Crippen LogP contribution in [0.2, 0.25) is 0 Å². The monoisotopic (exact) mass is 232 g/mol. The molecule has 0 aromatic heterocycles. The minimum atomic E-state index is -0.454. The smallest absolute Gasteiger partial charge is 0.237 e. The van der Waals surface area contributed by atoms with Gasteiger partial charge in [0.15, 0.2) is 0 Å². The summed E-state index contributed by atoms with van der Waals surface area (Å²) in [5.74, 6) is -0.221. The Morgan fingerprint density at radius 1 is 1.33 bits per heavy atom. The second kappa shape index (κ2) is 5.95. The van der Waals surface area contributed by atoms with E-state index < -0.39 is 5.91 Å². The van der Waals surface area contributed by atoms with E-state index in [1.807, 2.05) is 0 Å². The largest absolute Gasteiger partial charge is 0.368 e. The van der Waals surface area contributed by atoms with Gasteiger partial charge in [-0.25, -0.2) is 0 Å². The summed E-state index contributed by atoms with van der Waals surface area (Å²) in [4.78, 5) is 24.2. The van der Waals surface area contributed by atoms with Gasteiger partial charge in [-0.2, -0.15) is 0 Å². The van der Waals surface area contributed by atoms with E-state index in [-0.39, 0.29) is 24.9 Å². The van der Waals surface area contributed by atoms with Crippen molar-refractivity contribution in [3.8, 4) is 0 Å². The van der Waals surface area contributed by atoms with Crippen LogP contribution in [0.3, 0.4) is 0 Å². The minimum absolute atomic E-state index is 0.0282. The van der Waals surface area contributed by atoms with Crippen LogP contribution < -0.4 is 5.73 Å². The van der Waals surface area contributed by atoms with Crippen LogP contribution in [0.1, 0.15) is 32.1 Å². The first-order valence-electron chi connectivity index (χ1n) is 5.29. The number of carbonyl (C=O) groups is 2. The zero-order chi connectivity index (χ0) is 11.3. The standard InChI is InChI=1S/C10H17ClN2O2/c11-6-5-10(15)13(7-9(12)14)8-3-1-2-4-8/h8H,1-7H2,(H2,12,14). The summed E-state index contributed by atoms with van der Waals surface area (Å²) in [6, 6.07) is 0.188. The van der Waals surface area contributed by atoms with Gasteiger partial charge in [-0.15, -0.1) is 11.6 Å². The van der Waals surface area contributed by atoms with E-state index in [4.69, 9.17) is 17.3 Å². The molecule has 0 aliphatic heterocycles. The highest BCUT2D eigenvalue weighted by atomic mass is 35.5. The van der Waals surface area contributed by atoms with Gasteiger partial charge in [0.05, 0.1) is 6.54 Å². The number of hydrogen-bond acceptors (Lipinski definition) is 2. The highest BCUT2D eigenvalue weighted by molar-refractivity contribution is 6.18. The molecule has 0 radical (unpaired) electrons. The van der Waals surface area contributed by atoms with E-state index in [1.54, 1.807) is 4.90 Å². The lowest BCUT2D eigenvalue weighted by Gasteiger charge is -2.27. The molecule has 0 aromatic rings. The number of nitrogens with two attached hydrogens (primary N) is 1. The molecule has 15 heavy (non-hydrogen) atoms. The molecule has 0 unspecified atom stereocenters. The zero-order valence-corrected chi connectivity index (χ0v) is 9.50. The second-order valence-electron chi connectivity index (χ2n) is 3.87. The molecule has 0 spiro atoms. The Morgan fingerprint density at radius 3 is 2.40 bits per heavy atom. The number of amides is 2. The third-order valence-corrected chi connectivity index (χ3v) is 2.91. The van der Waals surface area contributed by atoms with Gasteiger partial charge < -0.3 is 10.6 Å². The summed E-state index contributed by atoms with van der Waals surface area (Å²) in [5.41, 5.74) is 5.13. The highest BCUT2D eigenvalue weighted by Gasteiger charge is 2.27. The van der Waals surface area contributed by atoms with Crippen LogP contribution in [0.25, 0.3) is 0 Å². The van der Waals surface area contributed by atoms with E-state index in [9.17, 15) is 9.59 Å². The van der Waals surface area contributed by atoms with Gasteiger partial charge >= 0.3 is 0 Å². The maximum atomic E-state index is 11.7. The van der Waals surface area contributed by atoms with Gasteiger partial charge in [0.25, 0.3) is 0 Å². The zero-order valence-electron chi connectivity index (χ0n) is 8.75. The van der Waals surface area contributed by atoms with Crippen molar-refractivity contribution in [3.05, 3.63) is 0 Å². The van der Waals surface area contributed by atoms with E-state index in [0.29, 0.717) is 5.88 Å². The molecular formula is C10H17ClN2O2. The van der Waals surface area contributed by atoms with Crippen LogP contribution in [0.15, 0.2) is 0 Å². The molecule has 1 rings (SSSR count). The second-order valence-corrected chi connectivity index (χ2v) is 4.24. The Balaban J connectivity index is 2.58. The highest BCUT2D eigenvalue weighted by Crippen LogP contribution is 2.23. The lowest BCUT2D eigenvalue weighted by Crippen LogP contribution is -2.44. The Hall–Kier alpha value is -0.770. The van der Waals surface area contributed by atoms with E-state index >= 15 is 0 Å². The van der Waals surface area contributed by atoms with Crippen molar-refractivity contribution in [2.75, 3.05) is 12.4 Å². The molecule has 0 saturated heterocycles. The van der Waals surface area contributed by atoms with Crippen molar-refractivity contribution in [3.63, 3.8) is 0 Å². The van der Waals surface area contributed by atoms with Crippen LogP contribution in [0.4, 0.5) is 0 Å². The predicted molar refractivity (Wildman–Crippen MR) is 58.5 cm³/mol. The summed E-state index contributed by atoms with van der Waals surface area (Å²) in [6.45, 7) is 0.0282. The number of primary amides is 1. The Morgan fingerprint density at radius 2 is 1.93 bits per heavy atom. The van der Waals surface area contributed by atoms with Crippen LogP contribution in [-0.2, 0) is 9.59 Å². The fourth-order valence-corrected chi connectivity index (χ4v) is 2.19. The van der Waals surface area contributed by atoms with E-state index in [2.05, 4.69) is 0 Å². The lowest BCUT2D eigenvalue weighted by atomic mass is 10.2. The van der Waals surface area contributed by atoms with Crippen molar-refractivity contribution in [2.24, 2.45) is 5.73 Å². The van der Waals surface area contributed by atoms with Crippen LogP contribution in [-0.4, -0.2) is 35.2 Å². The first-order chi connectivity index (χ1) is 7.15. The minimum Gasteiger partial charge on any atom is -0.368 e. The Kier molecular flexibility index (Phi) is 4.88. The fraction of sp³-hybridized carbons (Fsp3) is 0.800. The van der Waals surface area contributed by atoms with Gasteiger partial charge in [-0.05, 0) is 12.8 Å². The van der Waals surface area contributed by atoms with Gasteiger partial charge in [0.1, 0.15) is 0 Å². The number of alkyl halides is 1. The molecule has 0 bridgehead atoms. The average molecular weight is 233 g/mol. The average Bonchev–Trinajstić information content (AvgIpc) is 2.66. The summed E-state index contributed by atoms with van der Waals surface area (Å²) in [5, 5.41) is 0. The molecule has 1 fully saturated rings. The van der Waals surface area contributed by atoms with Crippen molar-refractivity contribution >= 4 is 23.4 Å². The third-order valence-electron chi connectivity index (χ3n) is 2.72. The van der Waals surface area contributed by atoms with Gasteiger partial charge in [-0.3, -0.25) is 9.59 Å². The number of halogens is 1. The summed E-state index contributed by atoms with van der Waals surface area (Å²) < 4.78 is 0. The molecule has 1 saturated carbocycles. The molecular weight excluding hydrogens is 216 g/mol. The number of carbonyl (C=O) groups excluding carboxylic acids is 2. The number of rotatable bonds is 5. The number of hydrogen-bond donors (Lipinski definition) is 1. The van der Waals surface area contributed by atoms with Crippen LogP contribution >= 0.6 is 11.6 Å². The van der Waals surface area contributed by atoms with Crippen molar-refractivity contribution in [2.45, 2.75) is 38.1 Å². The number of nitrogens with zero attached hydrogens (tertiary/aromatic N) is 1. The van der Waals surface area contributed by atoms with Gasteiger partial charge in [-0.1, -0.05) is 12.8 Å². The first kappa shape index (κ1) is 12.3. The SMILES string of the molecule is NC(=O)CN(C(=O)CCCl)C1CCCC1. The quantitative estimate of drug-likeness (QED) is 0.715. The molecule has 1 aliphatic rings. The maximum absolute atomic E-state index is 11.7. The molecule has 1 aliphatic carbocycles. The predicted octanol–water partition coefficient (Wildman–Crippen LogP) is 0.872. The van der Waals surface area contributed by atoms with Crippen molar-refractivity contribution < 1.29 is 9.59 Å². The van der Waals surface area contributed by atoms with E-state index in [0.717, 1.165) is 25.7 Å². The van der Waals surface area contributed by atoms with Gasteiger partial charge in [0.2, 0.25) is 11.8 Å². The molecule has 2 amide bonds. The topological polar surface area (TPSA) is 63.4 Å². The van der Waals surface area contributed by atoms with Crippen LogP contribution in [0.5, 0.6) is 0 Å². The normalized spacial score (nSPS) is 16.6. The van der Waals surface area contributed by atoms with Gasteiger partial charge in [0, 0.05) is 18.3 Å². The molecule has 5 heteroatoms. The molecule has 86 valence electrons. The van der Waals surface area contributed by atoms with Crippen molar-refractivity contribution in [1.82, 2.24) is 4.90 Å². The Bertz CT molecular complexity index is 240. The fourth-order valence-electron chi connectivity index (χ4n) is 2.03.